The van der Waals surface area contributed by atoms with Gasteiger partial charge in [-0.1, -0.05) is 30.3 Å². The molecule has 3 aromatic rings. The van der Waals surface area contributed by atoms with Gasteiger partial charge in [0.05, 0.1) is 33.1 Å². The Kier molecular flexibility index (Phi) is 6.60. The summed E-state index contributed by atoms with van der Waals surface area (Å²) < 4.78 is 18.5. The molecule has 6 heteroatoms. The Balaban J connectivity index is 1.92. The lowest BCUT2D eigenvalue weighted by Gasteiger charge is -2.09. The molecular formula is C21H23ClN2O3. The van der Waals surface area contributed by atoms with Gasteiger partial charge in [0, 0.05) is 17.5 Å². The summed E-state index contributed by atoms with van der Waals surface area (Å²) in [4.78, 5) is 0. The van der Waals surface area contributed by atoms with Crippen LogP contribution in [-0.4, -0.2) is 36.5 Å². The van der Waals surface area contributed by atoms with Gasteiger partial charge >= 0.3 is 0 Å². The second kappa shape index (κ2) is 9.33. The highest BCUT2D eigenvalue weighted by Crippen LogP contribution is 2.33. The van der Waals surface area contributed by atoms with Crippen LogP contribution in [0.3, 0.4) is 0 Å². The van der Waals surface area contributed by atoms with Crippen molar-refractivity contribution in [2.75, 3.05) is 26.7 Å². The number of rotatable bonds is 9. The Morgan fingerprint density at radius 2 is 1.74 bits per heavy atom. The first-order valence-corrected chi connectivity index (χ1v) is 9.31. The van der Waals surface area contributed by atoms with E-state index in [0.717, 1.165) is 23.2 Å². The summed E-state index contributed by atoms with van der Waals surface area (Å²) in [7, 11) is 3.24. The van der Waals surface area contributed by atoms with Crippen LogP contribution >= 0.6 is 11.6 Å². The minimum Gasteiger partial charge on any atom is -0.493 e. The number of halogens is 1. The first kappa shape index (κ1) is 19.1. The quantitative estimate of drug-likeness (QED) is 0.397. The molecule has 0 unspecified atom stereocenters. The van der Waals surface area contributed by atoms with Crippen LogP contribution in [0.2, 0.25) is 0 Å². The van der Waals surface area contributed by atoms with Gasteiger partial charge in [0.1, 0.15) is 0 Å². The Labute approximate surface area is 164 Å². The number of ether oxygens (including phenoxy) is 3. The van der Waals surface area contributed by atoms with Crippen molar-refractivity contribution >= 4 is 11.6 Å². The first-order valence-electron chi connectivity index (χ1n) is 8.78. The molecule has 27 heavy (non-hydrogen) atoms. The van der Waals surface area contributed by atoms with Crippen LogP contribution in [0.25, 0.3) is 11.3 Å². The van der Waals surface area contributed by atoms with Crippen molar-refractivity contribution in [3.8, 4) is 28.6 Å². The molecule has 0 fully saturated rings. The zero-order valence-corrected chi connectivity index (χ0v) is 16.3. The number of nitrogens with zero attached hydrogens (tertiary/aromatic N) is 2. The normalized spacial score (nSPS) is 10.6. The van der Waals surface area contributed by atoms with Gasteiger partial charge in [0.25, 0.3) is 0 Å². The van der Waals surface area contributed by atoms with Crippen LogP contribution in [0.5, 0.6) is 17.4 Å². The van der Waals surface area contributed by atoms with E-state index in [0.29, 0.717) is 36.4 Å². The molecule has 0 bridgehead atoms. The molecule has 0 aliphatic rings. The molecular weight excluding hydrogens is 364 g/mol. The van der Waals surface area contributed by atoms with Crippen LogP contribution < -0.4 is 14.2 Å². The summed E-state index contributed by atoms with van der Waals surface area (Å²) in [6.07, 6.45) is 0.782. The minimum absolute atomic E-state index is 0.551. The molecule has 0 saturated carbocycles. The van der Waals surface area contributed by atoms with Crippen LogP contribution in [-0.2, 0) is 6.54 Å². The van der Waals surface area contributed by atoms with Crippen molar-refractivity contribution in [1.29, 1.82) is 0 Å². The van der Waals surface area contributed by atoms with Gasteiger partial charge in [0.15, 0.2) is 11.5 Å². The van der Waals surface area contributed by atoms with E-state index in [-0.39, 0.29) is 0 Å². The number of hydrogen-bond donors (Lipinski definition) is 0. The third-order valence-electron chi connectivity index (χ3n) is 4.13. The van der Waals surface area contributed by atoms with Crippen molar-refractivity contribution in [2.45, 2.75) is 13.0 Å². The second-order valence-corrected chi connectivity index (χ2v) is 6.35. The van der Waals surface area contributed by atoms with Gasteiger partial charge < -0.3 is 14.2 Å². The lowest BCUT2D eigenvalue weighted by Crippen LogP contribution is -2.07. The Morgan fingerprint density at radius 1 is 0.963 bits per heavy atom. The molecule has 3 rings (SSSR count). The maximum atomic E-state index is 5.91. The summed E-state index contributed by atoms with van der Waals surface area (Å²) in [5.41, 5.74) is 2.90. The fourth-order valence-electron chi connectivity index (χ4n) is 2.75. The molecule has 5 nitrogen and oxygen atoms in total. The third kappa shape index (κ3) is 4.74. The van der Waals surface area contributed by atoms with Crippen LogP contribution in [0.4, 0.5) is 0 Å². The van der Waals surface area contributed by atoms with E-state index in [1.165, 1.54) is 0 Å². The highest BCUT2D eigenvalue weighted by atomic mass is 35.5. The first-order chi connectivity index (χ1) is 13.2. The Morgan fingerprint density at radius 3 is 2.44 bits per heavy atom. The molecule has 0 aliphatic heterocycles. The molecule has 1 aromatic heterocycles. The van der Waals surface area contributed by atoms with Crippen LogP contribution in [0.1, 0.15) is 12.0 Å². The summed E-state index contributed by atoms with van der Waals surface area (Å²) in [6.45, 7) is 1.18. The molecule has 0 atom stereocenters. The zero-order valence-electron chi connectivity index (χ0n) is 15.5. The highest BCUT2D eigenvalue weighted by molar-refractivity contribution is 6.17. The molecule has 0 spiro atoms. The summed E-state index contributed by atoms with van der Waals surface area (Å²) in [5, 5.41) is 4.75. The van der Waals surface area contributed by atoms with Crippen molar-refractivity contribution in [1.82, 2.24) is 9.78 Å². The summed E-state index contributed by atoms with van der Waals surface area (Å²) in [6, 6.07) is 17.9. The van der Waals surface area contributed by atoms with Crippen molar-refractivity contribution in [3.63, 3.8) is 0 Å². The summed E-state index contributed by atoms with van der Waals surface area (Å²) in [5.74, 6) is 2.63. The number of benzene rings is 2. The fourth-order valence-corrected chi connectivity index (χ4v) is 2.86. The topological polar surface area (TPSA) is 45.5 Å². The van der Waals surface area contributed by atoms with Crippen LogP contribution in [0.15, 0.2) is 54.6 Å². The standard InChI is InChI=1S/C21H23ClN2O3/c1-25-19-10-9-17(13-20(19)26-2)18-14-21(27-12-6-11-22)24(23-18)15-16-7-4-3-5-8-16/h3-5,7-10,13-14H,6,11-12,15H2,1-2H3. The lowest BCUT2D eigenvalue weighted by molar-refractivity contribution is 0.287. The average Bonchev–Trinajstić information content (AvgIpc) is 3.11. The molecule has 0 aliphatic carbocycles. The monoisotopic (exact) mass is 386 g/mol. The number of hydrogen-bond acceptors (Lipinski definition) is 4. The van der Waals surface area contributed by atoms with E-state index >= 15 is 0 Å². The molecule has 2 aromatic carbocycles. The van der Waals surface area contributed by atoms with E-state index < -0.39 is 0 Å². The number of alkyl halides is 1. The molecule has 142 valence electrons. The molecule has 0 radical (unpaired) electrons. The van der Waals surface area contributed by atoms with E-state index in [1.54, 1.807) is 14.2 Å². The number of aromatic nitrogens is 2. The fraction of sp³-hybridized carbons (Fsp3) is 0.286. The van der Waals surface area contributed by atoms with Gasteiger partial charge in [-0.25, -0.2) is 4.68 Å². The van der Waals surface area contributed by atoms with Crippen LogP contribution in [0, 0.1) is 0 Å². The van der Waals surface area contributed by atoms with Gasteiger partial charge in [0.2, 0.25) is 5.88 Å². The predicted molar refractivity (Wildman–Crippen MR) is 107 cm³/mol. The maximum absolute atomic E-state index is 5.91. The van der Waals surface area contributed by atoms with Gasteiger partial charge in [-0.2, -0.15) is 5.10 Å². The zero-order chi connectivity index (χ0) is 19.1. The largest absolute Gasteiger partial charge is 0.493 e. The SMILES string of the molecule is COc1ccc(-c2cc(OCCCCl)n(Cc3ccccc3)n2)cc1OC. The van der Waals surface area contributed by atoms with Gasteiger partial charge in [-0.15, -0.1) is 11.6 Å². The third-order valence-corrected chi connectivity index (χ3v) is 4.39. The van der Waals surface area contributed by atoms with Crippen molar-refractivity contribution < 1.29 is 14.2 Å². The lowest BCUT2D eigenvalue weighted by atomic mass is 10.1. The molecule has 0 saturated heterocycles. The van der Waals surface area contributed by atoms with E-state index in [2.05, 4.69) is 12.1 Å². The van der Waals surface area contributed by atoms with Gasteiger partial charge in [-0.3, -0.25) is 0 Å². The maximum Gasteiger partial charge on any atom is 0.212 e. The highest BCUT2D eigenvalue weighted by Gasteiger charge is 2.14. The van der Waals surface area contributed by atoms with E-state index in [4.69, 9.17) is 30.9 Å². The van der Waals surface area contributed by atoms with Crippen molar-refractivity contribution in [2.24, 2.45) is 0 Å². The number of methoxy groups -OCH3 is 2. The smallest absolute Gasteiger partial charge is 0.212 e. The van der Waals surface area contributed by atoms with E-state index in [1.807, 2.05) is 47.1 Å². The Bertz CT molecular complexity index is 865. The molecule has 0 amide bonds. The van der Waals surface area contributed by atoms with Gasteiger partial charge in [-0.05, 0) is 30.2 Å². The predicted octanol–water partition coefficient (Wildman–Crippen LogP) is 4.62. The Hall–Kier alpha value is -2.66. The summed E-state index contributed by atoms with van der Waals surface area (Å²) >= 11 is 5.77. The minimum atomic E-state index is 0.551. The average molecular weight is 387 g/mol. The molecule has 1 heterocycles. The van der Waals surface area contributed by atoms with Crippen molar-refractivity contribution in [3.05, 3.63) is 60.2 Å². The second-order valence-electron chi connectivity index (χ2n) is 5.97. The van der Waals surface area contributed by atoms with E-state index in [9.17, 15) is 0 Å². The molecule has 0 N–H and O–H groups in total.